The highest BCUT2D eigenvalue weighted by Crippen LogP contribution is 2.42. The summed E-state index contributed by atoms with van der Waals surface area (Å²) in [5, 5.41) is 21.0. The lowest BCUT2D eigenvalue weighted by molar-refractivity contribution is 0.383. The minimum atomic E-state index is 0.376. The lowest BCUT2D eigenvalue weighted by Gasteiger charge is -2.25. The molecule has 21 heavy (non-hydrogen) atoms. The average molecular weight is 284 g/mol. The molecule has 6 nitrogen and oxygen atoms in total. The third-order valence-electron chi connectivity index (χ3n) is 4.42. The highest BCUT2D eigenvalue weighted by molar-refractivity contribution is 5.59. The Morgan fingerprint density at radius 1 is 1.24 bits per heavy atom. The molecule has 1 aliphatic heterocycles. The Morgan fingerprint density at radius 3 is 2.86 bits per heavy atom. The third-order valence-corrected chi connectivity index (χ3v) is 4.42. The zero-order chi connectivity index (χ0) is 14.4. The van der Waals surface area contributed by atoms with Crippen molar-refractivity contribution >= 4 is 0 Å². The number of aryl methyl sites for hydroxylation is 2. The van der Waals surface area contributed by atoms with Gasteiger partial charge in [-0.25, -0.2) is 0 Å². The van der Waals surface area contributed by atoms with Crippen LogP contribution in [0.2, 0.25) is 0 Å². The molecule has 3 heterocycles. The van der Waals surface area contributed by atoms with E-state index in [-0.39, 0.29) is 0 Å². The highest BCUT2D eigenvalue weighted by Gasteiger charge is 2.37. The van der Waals surface area contributed by atoms with Gasteiger partial charge in [-0.15, -0.1) is 10.2 Å². The molecule has 6 heteroatoms. The summed E-state index contributed by atoms with van der Waals surface area (Å²) in [4.78, 5) is 0. The van der Waals surface area contributed by atoms with Gasteiger partial charge in [0.05, 0.1) is 17.4 Å². The van der Waals surface area contributed by atoms with Gasteiger partial charge in [0.1, 0.15) is 0 Å². The van der Waals surface area contributed by atoms with Crippen molar-refractivity contribution in [2.45, 2.75) is 45.7 Å². The molecule has 1 unspecified atom stereocenters. The lowest BCUT2D eigenvalue weighted by Crippen LogP contribution is -2.35. The van der Waals surface area contributed by atoms with Crippen LogP contribution < -0.4 is 5.32 Å². The van der Waals surface area contributed by atoms with Gasteiger partial charge in [-0.1, -0.05) is 6.92 Å². The Labute approximate surface area is 124 Å². The second-order valence-electron chi connectivity index (χ2n) is 6.00. The van der Waals surface area contributed by atoms with Gasteiger partial charge in [-0.05, 0) is 38.2 Å². The molecule has 1 N–H and O–H groups in total. The van der Waals surface area contributed by atoms with Crippen molar-refractivity contribution in [1.29, 1.82) is 0 Å². The molecule has 1 aliphatic carbocycles. The molecule has 1 fully saturated rings. The van der Waals surface area contributed by atoms with Crippen molar-refractivity contribution < 1.29 is 0 Å². The maximum Gasteiger partial charge on any atom is 0.166 e. The van der Waals surface area contributed by atoms with E-state index in [0.29, 0.717) is 6.04 Å². The number of nitrogens with one attached hydrogen (secondary N) is 1. The number of rotatable bonds is 3. The van der Waals surface area contributed by atoms with Crippen molar-refractivity contribution in [3.63, 3.8) is 0 Å². The van der Waals surface area contributed by atoms with E-state index in [4.69, 9.17) is 0 Å². The van der Waals surface area contributed by atoms with E-state index in [1.165, 1.54) is 12.8 Å². The molecule has 0 spiro atoms. The fraction of sp³-hybridized carbons (Fsp3) is 0.600. The number of hydrogen-bond donors (Lipinski definition) is 1. The second-order valence-corrected chi connectivity index (χ2v) is 6.00. The summed E-state index contributed by atoms with van der Waals surface area (Å²) in [5.74, 6) is 2.78. The SMILES string of the molecule is CCc1nnc(C)cc1-c1nnc2n1CCNC2C1CC1. The standard InChI is InChI=1S/C15H20N6/c1-3-12-11(8-9(2)17-18-12)14-19-20-15-13(10-4-5-10)16-6-7-21(14)15/h8,10,13,16H,3-7H2,1-2H3. The Kier molecular flexibility index (Phi) is 2.99. The number of aromatic nitrogens is 5. The van der Waals surface area contributed by atoms with Crippen LogP contribution in [0.15, 0.2) is 6.07 Å². The number of fused-ring (bicyclic) bond motifs is 1. The normalized spacial score (nSPS) is 21.3. The van der Waals surface area contributed by atoms with Crippen LogP contribution in [-0.2, 0) is 13.0 Å². The molecular formula is C15H20N6. The highest BCUT2D eigenvalue weighted by atomic mass is 15.3. The van der Waals surface area contributed by atoms with E-state index in [9.17, 15) is 0 Å². The Bertz CT molecular complexity index is 673. The average Bonchev–Trinajstić information content (AvgIpc) is 3.25. The Balaban J connectivity index is 1.81. The number of nitrogens with zero attached hydrogens (tertiary/aromatic N) is 5. The molecule has 2 aromatic heterocycles. The van der Waals surface area contributed by atoms with Gasteiger partial charge in [0.15, 0.2) is 11.6 Å². The lowest BCUT2D eigenvalue weighted by atomic mass is 10.1. The molecule has 110 valence electrons. The Hall–Kier alpha value is -1.82. The van der Waals surface area contributed by atoms with Gasteiger partial charge in [0.2, 0.25) is 0 Å². The maximum absolute atomic E-state index is 4.48. The number of hydrogen-bond acceptors (Lipinski definition) is 5. The monoisotopic (exact) mass is 284 g/mol. The fourth-order valence-corrected chi connectivity index (χ4v) is 3.16. The summed E-state index contributed by atoms with van der Waals surface area (Å²) in [6, 6.07) is 2.46. The largest absolute Gasteiger partial charge is 0.308 e. The van der Waals surface area contributed by atoms with Crippen LogP contribution in [0.25, 0.3) is 11.4 Å². The van der Waals surface area contributed by atoms with Crippen molar-refractivity contribution in [1.82, 2.24) is 30.3 Å². The molecule has 1 saturated carbocycles. The summed E-state index contributed by atoms with van der Waals surface area (Å²) >= 11 is 0. The van der Waals surface area contributed by atoms with Gasteiger partial charge in [-0.2, -0.15) is 10.2 Å². The van der Waals surface area contributed by atoms with Gasteiger partial charge in [0.25, 0.3) is 0 Å². The van der Waals surface area contributed by atoms with E-state index in [1.54, 1.807) is 0 Å². The molecule has 0 saturated heterocycles. The van der Waals surface area contributed by atoms with Crippen LogP contribution >= 0.6 is 0 Å². The van der Waals surface area contributed by atoms with E-state index >= 15 is 0 Å². The smallest absolute Gasteiger partial charge is 0.166 e. The van der Waals surface area contributed by atoms with Crippen molar-refractivity contribution in [2.75, 3.05) is 6.54 Å². The summed E-state index contributed by atoms with van der Waals surface area (Å²) in [6.07, 6.45) is 3.46. The minimum absolute atomic E-state index is 0.376. The van der Waals surface area contributed by atoms with Gasteiger partial charge >= 0.3 is 0 Å². The van der Waals surface area contributed by atoms with Crippen molar-refractivity contribution in [2.24, 2.45) is 5.92 Å². The van der Waals surface area contributed by atoms with Crippen LogP contribution in [0.1, 0.15) is 43.0 Å². The quantitative estimate of drug-likeness (QED) is 0.928. The molecule has 2 aliphatic rings. The molecule has 0 bridgehead atoms. The van der Waals surface area contributed by atoms with E-state index in [2.05, 4.69) is 43.3 Å². The van der Waals surface area contributed by atoms with E-state index in [0.717, 1.165) is 54.0 Å². The maximum atomic E-state index is 4.48. The first kappa shape index (κ1) is 12.9. The van der Waals surface area contributed by atoms with E-state index < -0.39 is 0 Å². The zero-order valence-electron chi connectivity index (χ0n) is 12.5. The minimum Gasteiger partial charge on any atom is -0.308 e. The predicted octanol–water partition coefficient (Wildman–Crippen LogP) is 1.66. The molecule has 4 rings (SSSR count). The van der Waals surface area contributed by atoms with Crippen molar-refractivity contribution in [3.05, 3.63) is 23.3 Å². The molecule has 1 atom stereocenters. The van der Waals surface area contributed by atoms with Crippen LogP contribution in [0, 0.1) is 12.8 Å². The van der Waals surface area contributed by atoms with Crippen molar-refractivity contribution in [3.8, 4) is 11.4 Å². The molecule has 0 radical (unpaired) electrons. The summed E-state index contributed by atoms with van der Waals surface area (Å²) in [5.41, 5.74) is 3.00. The molecule has 0 amide bonds. The van der Waals surface area contributed by atoms with Gasteiger partial charge < -0.3 is 9.88 Å². The van der Waals surface area contributed by atoms with Crippen LogP contribution in [0.5, 0.6) is 0 Å². The first-order valence-electron chi connectivity index (χ1n) is 7.78. The summed E-state index contributed by atoms with van der Waals surface area (Å²) in [7, 11) is 0. The summed E-state index contributed by atoms with van der Waals surface area (Å²) in [6.45, 7) is 5.98. The topological polar surface area (TPSA) is 68.5 Å². The summed E-state index contributed by atoms with van der Waals surface area (Å²) < 4.78 is 2.27. The molecule has 2 aromatic rings. The second kappa shape index (κ2) is 4.87. The fourth-order valence-electron chi connectivity index (χ4n) is 3.16. The van der Waals surface area contributed by atoms with Gasteiger partial charge in [-0.3, -0.25) is 0 Å². The van der Waals surface area contributed by atoms with Crippen LogP contribution in [0.4, 0.5) is 0 Å². The predicted molar refractivity (Wildman–Crippen MR) is 78.6 cm³/mol. The Morgan fingerprint density at radius 2 is 2.10 bits per heavy atom. The van der Waals surface area contributed by atoms with Gasteiger partial charge in [0, 0.05) is 18.7 Å². The van der Waals surface area contributed by atoms with Crippen LogP contribution in [-0.4, -0.2) is 31.5 Å². The molecule has 0 aromatic carbocycles. The zero-order valence-corrected chi connectivity index (χ0v) is 12.5. The van der Waals surface area contributed by atoms with E-state index in [1.807, 2.05) is 6.92 Å². The first-order valence-corrected chi connectivity index (χ1v) is 7.78. The third kappa shape index (κ3) is 2.14. The molecular weight excluding hydrogens is 264 g/mol. The first-order chi connectivity index (χ1) is 10.3. The van der Waals surface area contributed by atoms with Crippen LogP contribution in [0.3, 0.4) is 0 Å².